The first-order chi connectivity index (χ1) is 9.74. The lowest BCUT2D eigenvalue weighted by atomic mass is 9.96. The summed E-state index contributed by atoms with van der Waals surface area (Å²) in [7, 11) is -4.17. The normalized spacial score (nSPS) is 22.4. The molecular formula is C12H13ClFNO5S. The summed E-state index contributed by atoms with van der Waals surface area (Å²) in [5.41, 5.74) is -1.25. The molecule has 1 fully saturated rings. The van der Waals surface area contributed by atoms with Crippen LogP contribution in [-0.2, 0) is 19.6 Å². The highest BCUT2D eigenvalue weighted by Gasteiger charge is 2.41. The van der Waals surface area contributed by atoms with Gasteiger partial charge in [0.05, 0.1) is 23.6 Å². The van der Waals surface area contributed by atoms with Crippen LogP contribution >= 0.6 is 11.6 Å². The third kappa shape index (κ3) is 3.70. The van der Waals surface area contributed by atoms with Crippen LogP contribution < -0.4 is 4.72 Å². The number of benzene rings is 1. The number of sulfonamides is 1. The van der Waals surface area contributed by atoms with Gasteiger partial charge in [-0.2, -0.15) is 0 Å². The predicted octanol–water partition coefficient (Wildman–Crippen LogP) is 1.39. The molecule has 0 aliphatic carbocycles. The minimum Gasteiger partial charge on any atom is -0.481 e. The van der Waals surface area contributed by atoms with E-state index in [0.29, 0.717) is 0 Å². The Kier molecular flexibility index (Phi) is 4.52. The lowest BCUT2D eigenvalue weighted by Gasteiger charge is -2.26. The minimum atomic E-state index is -4.17. The molecule has 0 radical (unpaired) electrons. The minimum absolute atomic E-state index is 0.0640. The van der Waals surface area contributed by atoms with Gasteiger partial charge in [-0.25, -0.2) is 17.5 Å². The van der Waals surface area contributed by atoms with Crippen LogP contribution in [0.15, 0.2) is 23.1 Å². The fourth-order valence-electron chi connectivity index (χ4n) is 2.18. The Hall–Kier alpha value is -1.22. The molecule has 1 unspecified atom stereocenters. The smallest absolute Gasteiger partial charge is 0.305 e. The SMILES string of the molecule is O=C(O)CC1(NS(=O)(=O)c2cc(F)ccc2Cl)CCOC1. The molecule has 0 bridgehead atoms. The third-order valence-electron chi connectivity index (χ3n) is 3.13. The Morgan fingerprint density at radius 1 is 1.52 bits per heavy atom. The Bertz CT molecular complexity index is 658. The van der Waals surface area contributed by atoms with E-state index in [2.05, 4.69) is 4.72 Å². The molecular weight excluding hydrogens is 325 g/mol. The standard InChI is InChI=1S/C12H13ClFNO5S/c13-9-2-1-8(14)5-10(9)21(18,19)15-12(6-11(16)17)3-4-20-7-12/h1-2,5,15H,3-4,6-7H2,(H,16,17). The molecule has 1 atom stereocenters. The number of carboxylic acid groups (broad SMARTS) is 1. The quantitative estimate of drug-likeness (QED) is 0.847. The summed E-state index contributed by atoms with van der Waals surface area (Å²) >= 11 is 5.78. The van der Waals surface area contributed by atoms with Crippen molar-refractivity contribution in [2.45, 2.75) is 23.3 Å². The van der Waals surface area contributed by atoms with Crippen molar-refractivity contribution in [3.05, 3.63) is 29.0 Å². The fraction of sp³-hybridized carbons (Fsp3) is 0.417. The van der Waals surface area contributed by atoms with E-state index in [1.54, 1.807) is 0 Å². The molecule has 0 amide bonds. The highest BCUT2D eigenvalue weighted by Crippen LogP contribution is 2.28. The monoisotopic (exact) mass is 337 g/mol. The van der Waals surface area contributed by atoms with Gasteiger partial charge in [-0.1, -0.05) is 11.6 Å². The van der Waals surface area contributed by atoms with E-state index in [9.17, 15) is 17.6 Å². The molecule has 2 rings (SSSR count). The van der Waals surface area contributed by atoms with E-state index in [-0.39, 0.29) is 24.7 Å². The van der Waals surface area contributed by atoms with Crippen molar-refractivity contribution in [2.75, 3.05) is 13.2 Å². The van der Waals surface area contributed by atoms with E-state index in [0.717, 1.165) is 18.2 Å². The van der Waals surface area contributed by atoms with Crippen molar-refractivity contribution in [1.29, 1.82) is 0 Å². The average molecular weight is 338 g/mol. The van der Waals surface area contributed by atoms with Gasteiger partial charge in [-0.15, -0.1) is 0 Å². The summed E-state index contributed by atoms with van der Waals surface area (Å²) in [6.45, 7) is 0.179. The lowest BCUT2D eigenvalue weighted by Crippen LogP contribution is -2.50. The first-order valence-electron chi connectivity index (χ1n) is 6.03. The Morgan fingerprint density at radius 3 is 2.81 bits per heavy atom. The highest BCUT2D eigenvalue weighted by molar-refractivity contribution is 7.89. The van der Waals surface area contributed by atoms with Crippen molar-refractivity contribution in [2.24, 2.45) is 0 Å². The lowest BCUT2D eigenvalue weighted by molar-refractivity contribution is -0.138. The van der Waals surface area contributed by atoms with Gasteiger partial charge in [0.25, 0.3) is 0 Å². The van der Waals surface area contributed by atoms with Crippen molar-refractivity contribution in [1.82, 2.24) is 4.72 Å². The van der Waals surface area contributed by atoms with E-state index < -0.39 is 38.7 Å². The number of carbonyl (C=O) groups is 1. The van der Waals surface area contributed by atoms with Crippen molar-refractivity contribution >= 4 is 27.6 Å². The zero-order valence-electron chi connectivity index (χ0n) is 10.8. The molecule has 9 heteroatoms. The molecule has 0 aromatic heterocycles. The van der Waals surface area contributed by atoms with E-state index >= 15 is 0 Å². The van der Waals surface area contributed by atoms with Crippen LogP contribution in [0.1, 0.15) is 12.8 Å². The second-order valence-corrected chi connectivity index (χ2v) is 6.89. The summed E-state index contributed by atoms with van der Waals surface area (Å²) in [6.07, 6.45) is -0.218. The summed E-state index contributed by atoms with van der Waals surface area (Å²) in [5, 5.41) is 8.78. The molecule has 1 heterocycles. The van der Waals surface area contributed by atoms with Crippen LogP contribution in [0, 0.1) is 5.82 Å². The third-order valence-corrected chi connectivity index (χ3v) is 5.19. The van der Waals surface area contributed by atoms with E-state index in [4.69, 9.17) is 21.4 Å². The zero-order chi connectivity index (χ0) is 15.7. The van der Waals surface area contributed by atoms with E-state index in [1.807, 2.05) is 0 Å². The summed E-state index contributed by atoms with van der Waals surface area (Å²) in [5.74, 6) is -1.91. The second-order valence-electron chi connectivity index (χ2n) is 4.83. The van der Waals surface area contributed by atoms with Gasteiger partial charge in [-0.05, 0) is 24.6 Å². The van der Waals surface area contributed by atoms with Gasteiger partial charge in [0.1, 0.15) is 10.7 Å². The Morgan fingerprint density at radius 2 is 2.24 bits per heavy atom. The molecule has 1 aliphatic heterocycles. The molecule has 0 saturated carbocycles. The first kappa shape index (κ1) is 16.2. The summed E-state index contributed by atoms with van der Waals surface area (Å²) in [6, 6.07) is 2.95. The average Bonchev–Trinajstić information content (AvgIpc) is 2.78. The van der Waals surface area contributed by atoms with E-state index in [1.165, 1.54) is 0 Å². The van der Waals surface area contributed by atoms with Crippen LogP contribution in [0.3, 0.4) is 0 Å². The molecule has 2 N–H and O–H groups in total. The number of carboxylic acids is 1. The van der Waals surface area contributed by atoms with Crippen LogP contribution in [0.25, 0.3) is 0 Å². The van der Waals surface area contributed by atoms with Gasteiger partial charge in [0.2, 0.25) is 10.0 Å². The van der Waals surface area contributed by atoms with Gasteiger partial charge in [0.15, 0.2) is 0 Å². The first-order valence-corrected chi connectivity index (χ1v) is 7.89. The molecule has 116 valence electrons. The van der Waals surface area contributed by atoms with Crippen molar-refractivity contribution < 1.29 is 27.4 Å². The summed E-state index contributed by atoms with van der Waals surface area (Å²) in [4.78, 5) is 10.5. The Balaban J connectivity index is 2.35. The second kappa shape index (κ2) is 5.88. The molecule has 1 aliphatic rings. The maximum atomic E-state index is 13.2. The van der Waals surface area contributed by atoms with Crippen molar-refractivity contribution in [3.8, 4) is 0 Å². The van der Waals surface area contributed by atoms with Gasteiger partial charge in [0, 0.05) is 6.61 Å². The number of rotatable bonds is 5. The molecule has 1 aromatic carbocycles. The van der Waals surface area contributed by atoms with Crippen LogP contribution in [0.5, 0.6) is 0 Å². The number of nitrogens with one attached hydrogen (secondary N) is 1. The highest BCUT2D eigenvalue weighted by atomic mass is 35.5. The maximum Gasteiger partial charge on any atom is 0.305 e. The molecule has 1 saturated heterocycles. The number of hydrogen-bond donors (Lipinski definition) is 2. The number of aliphatic carboxylic acids is 1. The largest absolute Gasteiger partial charge is 0.481 e. The summed E-state index contributed by atoms with van der Waals surface area (Å²) < 4.78 is 45.3. The topological polar surface area (TPSA) is 92.7 Å². The number of hydrogen-bond acceptors (Lipinski definition) is 4. The molecule has 6 nitrogen and oxygen atoms in total. The molecule has 21 heavy (non-hydrogen) atoms. The van der Waals surface area contributed by atoms with Crippen molar-refractivity contribution in [3.63, 3.8) is 0 Å². The number of halogens is 2. The predicted molar refractivity (Wildman–Crippen MR) is 72.2 cm³/mol. The molecule has 1 aromatic rings. The van der Waals surface area contributed by atoms with Gasteiger partial charge < -0.3 is 9.84 Å². The van der Waals surface area contributed by atoms with Crippen LogP contribution in [-0.4, -0.2) is 38.2 Å². The number of ether oxygens (including phenoxy) is 1. The van der Waals surface area contributed by atoms with Crippen LogP contribution in [0.2, 0.25) is 5.02 Å². The fourth-order valence-corrected chi connectivity index (χ4v) is 4.10. The van der Waals surface area contributed by atoms with Crippen LogP contribution in [0.4, 0.5) is 4.39 Å². The van der Waals surface area contributed by atoms with Gasteiger partial charge >= 0.3 is 5.97 Å². The zero-order valence-corrected chi connectivity index (χ0v) is 12.4. The molecule has 0 spiro atoms. The maximum absolute atomic E-state index is 13.2. The Labute approximate surface area is 125 Å². The van der Waals surface area contributed by atoms with Gasteiger partial charge in [-0.3, -0.25) is 4.79 Å².